The molecule has 0 fully saturated rings. The van der Waals surface area contributed by atoms with Crippen molar-refractivity contribution in [3.63, 3.8) is 0 Å². The molecule has 6 rings (SSSR count). The lowest BCUT2D eigenvalue weighted by atomic mass is 10.0. The summed E-state index contributed by atoms with van der Waals surface area (Å²) in [6.07, 6.45) is 3.89. The van der Waals surface area contributed by atoms with Crippen molar-refractivity contribution in [2.24, 2.45) is 0 Å². The van der Waals surface area contributed by atoms with E-state index < -0.39 is 0 Å². The normalized spacial score (nSPS) is 14.5. The summed E-state index contributed by atoms with van der Waals surface area (Å²) in [6.45, 7) is 0. The Hall–Kier alpha value is -4.24. The number of anilines is 1. The molecule has 1 aliphatic rings. The number of nitrogens with zero attached hydrogens (tertiary/aromatic N) is 2. The van der Waals surface area contributed by atoms with E-state index in [1.54, 1.807) is 6.20 Å². The van der Waals surface area contributed by atoms with E-state index in [2.05, 4.69) is 41.4 Å². The van der Waals surface area contributed by atoms with Gasteiger partial charge in [-0.15, -0.1) is 0 Å². The highest BCUT2D eigenvalue weighted by Gasteiger charge is 2.34. The molecule has 0 unspecified atom stereocenters. The van der Waals surface area contributed by atoms with E-state index in [0.29, 0.717) is 5.56 Å². The number of benzene rings is 4. The first-order chi connectivity index (χ1) is 15.3. The third kappa shape index (κ3) is 2.75. The number of amides is 1. The van der Waals surface area contributed by atoms with Crippen LogP contribution in [0.25, 0.3) is 33.4 Å². The number of pyridine rings is 1. The van der Waals surface area contributed by atoms with Gasteiger partial charge in [0.2, 0.25) is 0 Å². The summed E-state index contributed by atoms with van der Waals surface area (Å²) in [6, 6.07) is 32.3. The van der Waals surface area contributed by atoms with Crippen molar-refractivity contribution in [3.8, 4) is 0 Å². The molecule has 3 nitrogen and oxygen atoms in total. The Morgan fingerprint density at radius 3 is 2.32 bits per heavy atom. The number of para-hydroxylation sites is 1. The summed E-state index contributed by atoms with van der Waals surface area (Å²) in [4.78, 5) is 20.0. The number of fused-ring (bicyclic) bond motifs is 3. The highest BCUT2D eigenvalue weighted by Crippen LogP contribution is 2.40. The summed E-state index contributed by atoms with van der Waals surface area (Å²) < 4.78 is 0. The van der Waals surface area contributed by atoms with Crippen LogP contribution in [0.1, 0.15) is 21.5 Å². The zero-order valence-electron chi connectivity index (χ0n) is 16.7. The van der Waals surface area contributed by atoms with Crippen molar-refractivity contribution in [1.29, 1.82) is 0 Å². The van der Waals surface area contributed by atoms with Crippen LogP contribution >= 0.6 is 0 Å². The molecule has 0 saturated carbocycles. The average molecular weight is 398 g/mol. The molecule has 4 aromatic carbocycles. The summed E-state index contributed by atoms with van der Waals surface area (Å²) in [7, 11) is 0. The minimum Gasteiger partial charge on any atom is -0.274 e. The first kappa shape index (κ1) is 17.6. The van der Waals surface area contributed by atoms with Crippen LogP contribution in [-0.4, -0.2) is 10.9 Å². The van der Waals surface area contributed by atoms with Gasteiger partial charge < -0.3 is 0 Å². The first-order valence-electron chi connectivity index (χ1n) is 10.3. The van der Waals surface area contributed by atoms with E-state index >= 15 is 0 Å². The summed E-state index contributed by atoms with van der Waals surface area (Å²) in [5.74, 6) is -0.0276. The number of aromatic nitrogens is 1. The van der Waals surface area contributed by atoms with E-state index in [9.17, 15) is 4.79 Å². The van der Waals surface area contributed by atoms with Crippen LogP contribution in [0.15, 0.2) is 103 Å². The molecule has 3 heteroatoms. The Balaban J connectivity index is 1.64. The molecule has 0 bridgehead atoms. The van der Waals surface area contributed by atoms with Gasteiger partial charge in [0.1, 0.15) is 0 Å². The van der Waals surface area contributed by atoms with Gasteiger partial charge in [-0.1, -0.05) is 78.9 Å². The summed E-state index contributed by atoms with van der Waals surface area (Å²) in [5.41, 5.74) is 5.21. The maximum absolute atomic E-state index is 13.6. The molecule has 0 atom stereocenters. The second-order valence-electron chi connectivity index (χ2n) is 7.64. The van der Waals surface area contributed by atoms with Gasteiger partial charge in [0.15, 0.2) is 0 Å². The van der Waals surface area contributed by atoms with Crippen LogP contribution in [0.5, 0.6) is 0 Å². The third-order valence-corrected chi connectivity index (χ3v) is 5.85. The van der Waals surface area contributed by atoms with Gasteiger partial charge in [-0.05, 0) is 40.6 Å². The van der Waals surface area contributed by atoms with Crippen LogP contribution in [0, 0.1) is 0 Å². The highest BCUT2D eigenvalue weighted by molar-refractivity contribution is 6.26. The molecule has 1 aliphatic heterocycles. The van der Waals surface area contributed by atoms with Gasteiger partial charge in [-0.3, -0.25) is 14.7 Å². The second kappa shape index (κ2) is 6.92. The van der Waals surface area contributed by atoms with Crippen LogP contribution < -0.4 is 4.90 Å². The van der Waals surface area contributed by atoms with E-state index in [4.69, 9.17) is 0 Å². The van der Waals surface area contributed by atoms with Crippen LogP contribution in [-0.2, 0) is 0 Å². The van der Waals surface area contributed by atoms with Gasteiger partial charge in [0.25, 0.3) is 5.91 Å². The number of hydrogen-bond donors (Lipinski definition) is 0. The number of rotatable bonds is 2. The van der Waals surface area contributed by atoms with Crippen LogP contribution in [0.3, 0.4) is 0 Å². The monoisotopic (exact) mass is 398 g/mol. The zero-order valence-corrected chi connectivity index (χ0v) is 16.7. The van der Waals surface area contributed by atoms with Crippen molar-refractivity contribution in [2.75, 3.05) is 4.90 Å². The Labute approximate surface area is 179 Å². The van der Waals surface area contributed by atoms with E-state index in [1.165, 1.54) is 5.39 Å². The minimum atomic E-state index is -0.0276. The SMILES string of the molecule is O=C1c2ccccc2/C(=C/c2cccc3ccccc23)N1c1cccc2cccnc12. The molecule has 0 spiro atoms. The smallest absolute Gasteiger partial charge is 0.263 e. The predicted molar refractivity (Wildman–Crippen MR) is 127 cm³/mol. The number of hydrogen-bond acceptors (Lipinski definition) is 2. The molecule has 31 heavy (non-hydrogen) atoms. The maximum Gasteiger partial charge on any atom is 0.263 e. The molecular weight excluding hydrogens is 380 g/mol. The number of carbonyl (C=O) groups is 1. The topological polar surface area (TPSA) is 33.2 Å². The largest absolute Gasteiger partial charge is 0.274 e. The fourth-order valence-electron chi connectivity index (χ4n) is 4.42. The van der Waals surface area contributed by atoms with E-state index in [-0.39, 0.29) is 5.91 Å². The van der Waals surface area contributed by atoms with Crippen molar-refractivity contribution < 1.29 is 4.79 Å². The molecule has 1 aromatic heterocycles. The molecule has 1 amide bonds. The lowest BCUT2D eigenvalue weighted by Gasteiger charge is -2.20. The second-order valence-corrected chi connectivity index (χ2v) is 7.64. The third-order valence-electron chi connectivity index (χ3n) is 5.85. The van der Waals surface area contributed by atoms with Gasteiger partial charge in [0, 0.05) is 22.7 Å². The molecule has 0 aliphatic carbocycles. The Kier molecular flexibility index (Phi) is 3.93. The molecule has 5 aromatic rings. The Morgan fingerprint density at radius 2 is 1.39 bits per heavy atom. The predicted octanol–water partition coefficient (Wildman–Crippen LogP) is 6.55. The highest BCUT2D eigenvalue weighted by atomic mass is 16.2. The van der Waals surface area contributed by atoms with Crippen LogP contribution in [0.2, 0.25) is 0 Å². The molecular formula is C28H18N2O. The van der Waals surface area contributed by atoms with Crippen molar-refractivity contribution >= 4 is 45.0 Å². The fraction of sp³-hybridized carbons (Fsp3) is 0. The fourth-order valence-corrected chi connectivity index (χ4v) is 4.42. The molecule has 0 radical (unpaired) electrons. The summed E-state index contributed by atoms with van der Waals surface area (Å²) in [5, 5.41) is 3.34. The Bertz CT molecular complexity index is 1510. The minimum absolute atomic E-state index is 0.0276. The van der Waals surface area contributed by atoms with Gasteiger partial charge >= 0.3 is 0 Å². The number of carbonyl (C=O) groups excluding carboxylic acids is 1. The van der Waals surface area contributed by atoms with E-state index in [0.717, 1.165) is 38.8 Å². The van der Waals surface area contributed by atoms with Gasteiger partial charge in [-0.25, -0.2) is 0 Å². The van der Waals surface area contributed by atoms with Gasteiger partial charge in [-0.2, -0.15) is 0 Å². The Morgan fingerprint density at radius 1 is 0.677 bits per heavy atom. The quantitative estimate of drug-likeness (QED) is 0.338. The molecule has 0 saturated heterocycles. The van der Waals surface area contributed by atoms with E-state index in [1.807, 2.05) is 71.6 Å². The zero-order chi connectivity index (χ0) is 20.8. The standard InChI is InChI=1S/C28H18N2O/c31-28-24-15-4-3-14-23(24)26(18-21-11-5-9-19-8-1-2-13-22(19)21)30(28)25-16-6-10-20-12-7-17-29-27(20)25/h1-18H/b26-18-. The van der Waals surface area contributed by atoms with Crippen molar-refractivity contribution in [2.45, 2.75) is 0 Å². The average Bonchev–Trinajstić information content (AvgIpc) is 3.10. The lowest BCUT2D eigenvalue weighted by molar-refractivity contribution is 0.101. The first-order valence-corrected chi connectivity index (χ1v) is 10.3. The van der Waals surface area contributed by atoms with Crippen LogP contribution in [0.4, 0.5) is 5.69 Å². The maximum atomic E-state index is 13.6. The van der Waals surface area contributed by atoms with Crippen molar-refractivity contribution in [3.05, 3.63) is 120 Å². The molecule has 2 heterocycles. The molecule has 0 N–H and O–H groups in total. The van der Waals surface area contributed by atoms with Gasteiger partial charge in [0.05, 0.1) is 16.9 Å². The summed E-state index contributed by atoms with van der Waals surface area (Å²) >= 11 is 0. The molecule has 146 valence electrons. The van der Waals surface area contributed by atoms with Crippen molar-refractivity contribution in [1.82, 2.24) is 4.98 Å². The lowest BCUT2D eigenvalue weighted by Crippen LogP contribution is -2.22.